The van der Waals surface area contributed by atoms with Crippen LogP contribution in [0.3, 0.4) is 0 Å². The van der Waals surface area contributed by atoms with Gasteiger partial charge in [-0.3, -0.25) is 4.79 Å². The zero-order valence-electron chi connectivity index (χ0n) is 13.0. The van der Waals surface area contributed by atoms with Crippen LogP contribution in [0, 0.1) is 5.92 Å². The van der Waals surface area contributed by atoms with Crippen LogP contribution < -0.4 is 10.9 Å². The largest absolute Gasteiger partial charge is 0.396 e. The molecule has 6 nitrogen and oxygen atoms in total. The average Bonchev–Trinajstić information content (AvgIpc) is 2.46. The zero-order chi connectivity index (χ0) is 15.8. The van der Waals surface area contributed by atoms with Crippen LogP contribution in [0.5, 0.6) is 0 Å². The van der Waals surface area contributed by atoms with Gasteiger partial charge in [-0.2, -0.15) is 5.10 Å². The van der Waals surface area contributed by atoms with Crippen molar-refractivity contribution in [3.05, 3.63) is 21.0 Å². The minimum Gasteiger partial charge on any atom is -0.396 e. The summed E-state index contributed by atoms with van der Waals surface area (Å²) in [5.74, 6) is 0.387. The van der Waals surface area contributed by atoms with Gasteiger partial charge in [0.15, 0.2) is 0 Å². The van der Waals surface area contributed by atoms with Gasteiger partial charge in [0.1, 0.15) is 4.47 Å². The number of nitrogens with zero attached hydrogens (tertiary/aromatic N) is 3. The predicted octanol–water partition coefficient (Wildman–Crippen LogP) is 1.39. The molecule has 0 bridgehead atoms. The number of rotatable bonds is 9. The molecule has 7 heteroatoms. The Morgan fingerprint density at radius 1 is 1.52 bits per heavy atom. The summed E-state index contributed by atoms with van der Waals surface area (Å²) in [7, 11) is 3.92. The van der Waals surface area contributed by atoms with E-state index in [-0.39, 0.29) is 12.2 Å². The molecule has 0 fully saturated rings. The summed E-state index contributed by atoms with van der Waals surface area (Å²) in [6, 6.07) is 0. The number of aromatic nitrogens is 2. The van der Waals surface area contributed by atoms with E-state index in [0.29, 0.717) is 22.6 Å². The minimum atomic E-state index is -0.128. The second-order valence-electron chi connectivity index (χ2n) is 5.37. The number of nitrogens with one attached hydrogen (secondary N) is 1. The summed E-state index contributed by atoms with van der Waals surface area (Å²) in [6.07, 6.45) is 3.42. The van der Waals surface area contributed by atoms with Crippen molar-refractivity contribution in [1.82, 2.24) is 14.7 Å². The maximum absolute atomic E-state index is 12.2. The number of anilines is 1. The van der Waals surface area contributed by atoms with Crippen LogP contribution in [0.2, 0.25) is 0 Å². The third-order valence-corrected chi connectivity index (χ3v) is 4.21. The van der Waals surface area contributed by atoms with Crippen LogP contribution in [0.4, 0.5) is 5.69 Å². The van der Waals surface area contributed by atoms with E-state index in [4.69, 9.17) is 5.11 Å². The van der Waals surface area contributed by atoms with Gasteiger partial charge >= 0.3 is 0 Å². The first-order valence-corrected chi connectivity index (χ1v) is 8.04. The monoisotopic (exact) mass is 360 g/mol. The number of aliphatic hydroxyl groups is 1. The fourth-order valence-corrected chi connectivity index (χ4v) is 2.38. The smallest absolute Gasteiger partial charge is 0.283 e. The van der Waals surface area contributed by atoms with Crippen molar-refractivity contribution in [3.63, 3.8) is 0 Å². The molecule has 0 amide bonds. The van der Waals surface area contributed by atoms with E-state index in [1.807, 2.05) is 19.0 Å². The van der Waals surface area contributed by atoms with Gasteiger partial charge in [0.25, 0.3) is 5.56 Å². The lowest BCUT2D eigenvalue weighted by atomic mass is 10.0. The van der Waals surface area contributed by atoms with Crippen LogP contribution in [-0.2, 0) is 6.54 Å². The van der Waals surface area contributed by atoms with Crippen molar-refractivity contribution in [2.45, 2.75) is 26.3 Å². The molecule has 0 saturated heterocycles. The summed E-state index contributed by atoms with van der Waals surface area (Å²) in [6.45, 7) is 4.33. The molecule has 1 heterocycles. The molecule has 1 rings (SSSR count). The van der Waals surface area contributed by atoms with Crippen LogP contribution in [0.15, 0.2) is 15.5 Å². The van der Waals surface area contributed by atoms with Gasteiger partial charge in [0, 0.05) is 19.7 Å². The first kappa shape index (κ1) is 18.1. The molecule has 0 aliphatic rings. The van der Waals surface area contributed by atoms with Crippen molar-refractivity contribution in [2.75, 3.05) is 39.1 Å². The highest BCUT2D eigenvalue weighted by Crippen LogP contribution is 2.17. The number of hydrogen-bond donors (Lipinski definition) is 2. The third kappa shape index (κ3) is 5.76. The molecule has 1 aromatic rings. The Balaban J connectivity index is 2.73. The first-order chi connectivity index (χ1) is 9.99. The maximum Gasteiger partial charge on any atom is 0.283 e. The highest BCUT2D eigenvalue weighted by molar-refractivity contribution is 9.10. The summed E-state index contributed by atoms with van der Waals surface area (Å²) >= 11 is 3.35. The molecule has 1 unspecified atom stereocenters. The van der Waals surface area contributed by atoms with Crippen molar-refractivity contribution < 1.29 is 5.11 Å². The van der Waals surface area contributed by atoms with Gasteiger partial charge in [-0.15, -0.1) is 0 Å². The van der Waals surface area contributed by atoms with Crippen LogP contribution in [0.25, 0.3) is 0 Å². The highest BCUT2D eigenvalue weighted by atomic mass is 79.9. The number of aliphatic hydroxyl groups excluding tert-OH is 1. The quantitative estimate of drug-likeness (QED) is 0.696. The number of likely N-dealkylation sites (N-methyl/N-ethyl adjacent to an activating group) is 1. The third-order valence-electron chi connectivity index (χ3n) is 3.44. The molecule has 1 atom stereocenters. The molecule has 0 saturated carbocycles. The molecule has 0 radical (unpaired) electrons. The molecule has 120 valence electrons. The van der Waals surface area contributed by atoms with Crippen molar-refractivity contribution in [3.8, 4) is 0 Å². The molecular formula is C14H25BrN4O2. The number of hydrogen-bond acceptors (Lipinski definition) is 5. The Bertz CT molecular complexity index is 490. The lowest BCUT2D eigenvalue weighted by molar-refractivity contribution is 0.258. The van der Waals surface area contributed by atoms with Crippen molar-refractivity contribution in [1.29, 1.82) is 0 Å². The van der Waals surface area contributed by atoms with Crippen molar-refractivity contribution >= 4 is 21.6 Å². The summed E-state index contributed by atoms with van der Waals surface area (Å²) in [5.41, 5.74) is 0.578. The van der Waals surface area contributed by atoms with E-state index < -0.39 is 0 Å². The molecule has 0 aliphatic carbocycles. The minimum absolute atomic E-state index is 0.128. The summed E-state index contributed by atoms with van der Waals surface area (Å²) in [4.78, 5) is 14.2. The normalized spacial score (nSPS) is 12.7. The topological polar surface area (TPSA) is 70.4 Å². The summed E-state index contributed by atoms with van der Waals surface area (Å²) in [5, 5.41) is 16.4. The van der Waals surface area contributed by atoms with Gasteiger partial charge in [-0.05, 0) is 42.4 Å². The van der Waals surface area contributed by atoms with E-state index in [0.717, 1.165) is 25.9 Å². The van der Waals surface area contributed by atoms with E-state index in [9.17, 15) is 4.79 Å². The summed E-state index contributed by atoms with van der Waals surface area (Å²) < 4.78 is 1.97. The van der Waals surface area contributed by atoms with Gasteiger partial charge in [-0.1, -0.05) is 13.3 Å². The van der Waals surface area contributed by atoms with Gasteiger partial charge in [0.2, 0.25) is 0 Å². The van der Waals surface area contributed by atoms with Crippen LogP contribution in [0.1, 0.15) is 19.8 Å². The molecule has 1 aromatic heterocycles. The molecule has 0 aliphatic heterocycles. The maximum atomic E-state index is 12.2. The Kier molecular flexibility index (Phi) is 7.92. The van der Waals surface area contributed by atoms with Gasteiger partial charge in [-0.25, -0.2) is 4.68 Å². The zero-order valence-corrected chi connectivity index (χ0v) is 14.6. The Hall–Kier alpha value is -0.920. The second-order valence-corrected chi connectivity index (χ2v) is 6.16. The van der Waals surface area contributed by atoms with E-state index in [1.54, 1.807) is 6.20 Å². The van der Waals surface area contributed by atoms with Gasteiger partial charge < -0.3 is 15.3 Å². The standard InChI is InChI=1S/C14H25BrN4O2/c1-4-11(5-8-20)9-16-12-10-17-19(7-6-18(2)3)14(21)13(12)15/h10-11,16,20H,4-9H2,1-3H3. The Labute approximate surface area is 134 Å². The lowest BCUT2D eigenvalue weighted by Crippen LogP contribution is -2.29. The fourth-order valence-electron chi connectivity index (χ4n) is 1.93. The van der Waals surface area contributed by atoms with E-state index >= 15 is 0 Å². The molecular weight excluding hydrogens is 336 g/mol. The Morgan fingerprint density at radius 3 is 2.81 bits per heavy atom. The van der Waals surface area contributed by atoms with Gasteiger partial charge in [0.05, 0.1) is 18.4 Å². The Morgan fingerprint density at radius 2 is 2.24 bits per heavy atom. The first-order valence-electron chi connectivity index (χ1n) is 7.24. The SMILES string of the molecule is CCC(CCO)CNc1cnn(CCN(C)C)c(=O)c1Br. The average molecular weight is 361 g/mol. The predicted molar refractivity (Wildman–Crippen MR) is 88.7 cm³/mol. The molecule has 21 heavy (non-hydrogen) atoms. The van der Waals surface area contributed by atoms with Crippen LogP contribution >= 0.6 is 15.9 Å². The van der Waals surface area contributed by atoms with Crippen molar-refractivity contribution in [2.24, 2.45) is 5.92 Å². The number of halogens is 1. The van der Waals surface area contributed by atoms with Crippen LogP contribution in [-0.4, -0.2) is 53.6 Å². The lowest BCUT2D eigenvalue weighted by Gasteiger charge is -2.16. The molecule has 0 spiro atoms. The van der Waals surface area contributed by atoms with E-state index in [1.165, 1.54) is 4.68 Å². The fraction of sp³-hybridized carbons (Fsp3) is 0.714. The van der Waals surface area contributed by atoms with E-state index in [2.05, 4.69) is 33.3 Å². The second kappa shape index (κ2) is 9.17. The molecule has 0 aromatic carbocycles. The highest BCUT2D eigenvalue weighted by Gasteiger charge is 2.11. The molecule has 2 N–H and O–H groups in total.